The number of fused-ring (bicyclic) bond motifs is 1. The molecule has 11 heteroatoms. The summed E-state index contributed by atoms with van der Waals surface area (Å²) in [6, 6.07) is 7.48. The molecular weight excluding hydrogens is 496 g/mol. The largest absolute Gasteiger partial charge is 0.493 e. The number of hydrogen-bond acceptors (Lipinski definition) is 8. The van der Waals surface area contributed by atoms with Gasteiger partial charge in [0.05, 0.1) is 25.2 Å². The highest BCUT2D eigenvalue weighted by molar-refractivity contribution is 5.92. The Kier molecular flexibility index (Phi) is 7.86. The molecule has 4 rings (SSSR count). The lowest BCUT2D eigenvalue weighted by atomic mass is 10.00. The minimum absolute atomic E-state index is 0.00983. The fourth-order valence-corrected chi connectivity index (χ4v) is 4.60. The molecule has 1 aromatic heterocycles. The lowest BCUT2D eigenvalue weighted by Crippen LogP contribution is -2.28. The van der Waals surface area contributed by atoms with Crippen molar-refractivity contribution in [1.29, 1.82) is 0 Å². The van der Waals surface area contributed by atoms with Crippen LogP contribution in [-0.2, 0) is 15.5 Å². The fraction of sp³-hybridized carbons (Fsp3) is 0.444. The van der Waals surface area contributed by atoms with Crippen LogP contribution in [0.3, 0.4) is 0 Å². The molecule has 3 aromatic rings. The molecule has 2 atom stereocenters. The number of benzene rings is 2. The summed E-state index contributed by atoms with van der Waals surface area (Å²) in [5.41, 5.74) is 7.18. The minimum atomic E-state index is -3.18. The molecule has 1 saturated heterocycles. The Morgan fingerprint density at radius 2 is 1.97 bits per heavy atom. The van der Waals surface area contributed by atoms with E-state index in [9.17, 15) is 13.6 Å². The molecule has 0 saturated carbocycles. The van der Waals surface area contributed by atoms with E-state index in [1.807, 2.05) is 6.92 Å². The summed E-state index contributed by atoms with van der Waals surface area (Å²) in [6.45, 7) is 5.53. The van der Waals surface area contributed by atoms with Gasteiger partial charge in [-0.05, 0) is 43.7 Å². The normalized spacial score (nSPS) is 16.5. The Morgan fingerprint density at radius 3 is 2.63 bits per heavy atom. The van der Waals surface area contributed by atoms with Gasteiger partial charge in [-0.1, -0.05) is 0 Å². The second-order valence-corrected chi connectivity index (χ2v) is 9.53. The third-order valence-corrected chi connectivity index (χ3v) is 6.56. The van der Waals surface area contributed by atoms with Gasteiger partial charge in [0, 0.05) is 49.7 Å². The number of amides is 1. The smallest absolute Gasteiger partial charge is 0.296 e. The maximum Gasteiger partial charge on any atom is 0.296 e. The van der Waals surface area contributed by atoms with Crippen molar-refractivity contribution in [2.45, 2.75) is 45.3 Å². The van der Waals surface area contributed by atoms with Gasteiger partial charge < -0.3 is 30.2 Å². The van der Waals surface area contributed by atoms with Gasteiger partial charge in [0.25, 0.3) is 5.92 Å². The third kappa shape index (κ3) is 5.88. The van der Waals surface area contributed by atoms with Crippen LogP contribution < -0.4 is 20.5 Å². The second-order valence-electron chi connectivity index (χ2n) is 9.53. The molecule has 0 spiro atoms. The molecule has 1 aliphatic heterocycles. The minimum Gasteiger partial charge on any atom is -0.493 e. The van der Waals surface area contributed by atoms with Crippen molar-refractivity contribution in [3.8, 4) is 11.5 Å². The Hall–Kier alpha value is -3.73. The van der Waals surface area contributed by atoms with Gasteiger partial charge in [0.15, 0.2) is 11.5 Å². The third-order valence-electron chi connectivity index (χ3n) is 6.56. The molecule has 0 bridgehead atoms. The van der Waals surface area contributed by atoms with Crippen molar-refractivity contribution in [2.24, 2.45) is 0 Å². The molecule has 0 aliphatic carbocycles. The van der Waals surface area contributed by atoms with Gasteiger partial charge >= 0.3 is 0 Å². The molecule has 0 radical (unpaired) electrons. The van der Waals surface area contributed by atoms with E-state index in [-0.39, 0.29) is 23.3 Å². The number of aryl methyl sites for hydroxylation is 1. The number of alkyl halides is 2. The van der Waals surface area contributed by atoms with E-state index < -0.39 is 18.6 Å². The summed E-state index contributed by atoms with van der Waals surface area (Å²) < 4.78 is 45.6. The standard InChI is InChI=1S/C27H33F2N5O4/c1-15(18-8-19(10-20(30)9-18)27(28,29)14-36-4)31-26-22-11-25(38-21-6-7-34(13-21)17(3)35)24(37-5)12-23(22)32-16(2)33-26/h8-12,15,21H,6-7,13-14,30H2,1-5H3,(H,31,32,33)/t15-,21-/m1/s1. The van der Waals surface area contributed by atoms with Gasteiger partial charge in [-0.3, -0.25) is 4.79 Å². The molecule has 2 aromatic carbocycles. The zero-order chi connectivity index (χ0) is 27.6. The first-order valence-corrected chi connectivity index (χ1v) is 12.3. The number of carbonyl (C=O) groups excluding carboxylic acids is 1. The number of likely N-dealkylation sites (tertiary alicyclic amines) is 1. The van der Waals surface area contributed by atoms with Crippen LogP contribution in [0.1, 0.15) is 43.3 Å². The number of nitrogens with two attached hydrogens (primary N) is 1. The highest BCUT2D eigenvalue weighted by atomic mass is 19.3. The first-order chi connectivity index (χ1) is 18.0. The van der Waals surface area contributed by atoms with Crippen molar-refractivity contribution in [3.63, 3.8) is 0 Å². The number of halogens is 2. The predicted molar refractivity (Wildman–Crippen MR) is 141 cm³/mol. The number of methoxy groups -OCH3 is 2. The van der Waals surface area contributed by atoms with E-state index in [1.54, 1.807) is 44.1 Å². The topological polar surface area (TPSA) is 112 Å². The summed E-state index contributed by atoms with van der Waals surface area (Å²) in [5.74, 6) is -1.12. The summed E-state index contributed by atoms with van der Waals surface area (Å²) in [6.07, 6.45) is 0.533. The Labute approximate surface area is 220 Å². The second kappa shape index (κ2) is 10.9. The SMILES string of the molecule is COCC(F)(F)c1cc(N)cc([C@@H](C)Nc2nc(C)nc3cc(OC)c(O[C@@H]4CCN(C(C)=O)C4)cc23)c1. The van der Waals surface area contributed by atoms with Gasteiger partial charge in [-0.15, -0.1) is 0 Å². The molecule has 1 amide bonds. The Bertz CT molecular complexity index is 1340. The average molecular weight is 530 g/mol. The van der Waals surface area contributed by atoms with Crippen molar-refractivity contribution in [2.75, 3.05) is 45.0 Å². The van der Waals surface area contributed by atoms with Gasteiger partial charge in [-0.25, -0.2) is 9.97 Å². The molecule has 9 nitrogen and oxygen atoms in total. The van der Waals surface area contributed by atoms with Gasteiger partial charge in [-0.2, -0.15) is 8.78 Å². The number of aromatic nitrogens is 2. The molecule has 1 aliphatic rings. The number of nitrogen functional groups attached to an aromatic ring is 1. The van der Waals surface area contributed by atoms with Crippen LogP contribution in [0.25, 0.3) is 10.9 Å². The lowest BCUT2D eigenvalue weighted by Gasteiger charge is -2.22. The number of hydrogen-bond donors (Lipinski definition) is 2. The molecule has 3 N–H and O–H groups in total. The van der Waals surface area contributed by atoms with E-state index in [1.165, 1.54) is 19.2 Å². The first kappa shape index (κ1) is 27.3. The summed E-state index contributed by atoms with van der Waals surface area (Å²) in [4.78, 5) is 22.6. The number of nitrogens with zero attached hydrogens (tertiary/aromatic N) is 3. The monoisotopic (exact) mass is 529 g/mol. The first-order valence-electron chi connectivity index (χ1n) is 12.3. The van der Waals surface area contributed by atoms with Crippen molar-refractivity contribution in [3.05, 3.63) is 47.3 Å². The molecule has 204 valence electrons. The summed E-state index contributed by atoms with van der Waals surface area (Å²) in [7, 11) is 2.78. The van der Waals surface area contributed by atoms with Crippen LogP contribution in [0.2, 0.25) is 0 Å². The van der Waals surface area contributed by atoms with Crippen molar-refractivity contribution < 1.29 is 27.8 Å². The highest BCUT2D eigenvalue weighted by Gasteiger charge is 2.32. The predicted octanol–water partition coefficient (Wildman–Crippen LogP) is 4.44. The zero-order valence-electron chi connectivity index (χ0n) is 22.2. The molecule has 1 fully saturated rings. The van der Waals surface area contributed by atoms with Crippen LogP contribution in [0.15, 0.2) is 30.3 Å². The maximum atomic E-state index is 14.6. The number of nitrogens with one attached hydrogen (secondary N) is 1. The van der Waals surface area contributed by atoms with Crippen LogP contribution in [0, 0.1) is 6.92 Å². The quantitative estimate of drug-likeness (QED) is 0.392. The Balaban J connectivity index is 1.67. The van der Waals surface area contributed by atoms with Crippen LogP contribution >= 0.6 is 0 Å². The van der Waals surface area contributed by atoms with Gasteiger partial charge in [0.2, 0.25) is 5.91 Å². The van der Waals surface area contributed by atoms with E-state index in [0.29, 0.717) is 59.1 Å². The molecule has 0 unspecified atom stereocenters. The van der Waals surface area contributed by atoms with E-state index in [4.69, 9.17) is 15.2 Å². The fourth-order valence-electron chi connectivity index (χ4n) is 4.60. The number of rotatable bonds is 9. The van der Waals surface area contributed by atoms with Gasteiger partial charge in [0.1, 0.15) is 24.4 Å². The summed E-state index contributed by atoms with van der Waals surface area (Å²) >= 11 is 0. The lowest BCUT2D eigenvalue weighted by molar-refractivity contribution is -0.128. The molecule has 2 heterocycles. The van der Waals surface area contributed by atoms with Crippen LogP contribution in [0.4, 0.5) is 20.3 Å². The molecular formula is C27H33F2N5O4. The number of ether oxygens (including phenoxy) is 3. The van der Waals surface area contributed by atoms with Crippen molar-refractivity contribution >= 4 is 28.3 Å². The van der Waals surface area contributed by atoms with Crippen molar-refractivity contribution in [1.82, 2.24) is 14.9 Å². The van der Waals surface area contributed by atoms with E-state index in [0.717, 1.165) is 0 Å². The number of anilines is 2. The maximum absolute atomic E-state index is 14.6. The average Bonchev–Trinajstić information content (AvgIpc) is 3.32. The Morgan fingerprint density at radius 1 is 1.21 bits per heavy atom. The summed E-state index contributed by atoms with van der Waals surface area (Å²) in [5, 5.41) is 4.00. The zero-order valence-corrected chi connectivity index (χ0v) is 22.2. The van der Waals surface area contributed by atoms with E-state index in [2.05, 4.69) is 20.0 Å². The van der Waals surface area contributed by atoms with E-state index >= 15 is 0 Å². The highest BCUT2D eigenvalue weighted by Crippen LogP contribution is 2.37. The van der Waals surface area contributed by atoms with Crippen LogP contribution in [-0.4, -0.2) is 60.8 Å². The van der Waals surface area contributed by atoms with Crippen LogP contribution in [0.5, 0.6) is 11.5 Å². The molecule has 38 heavy (non-hydrogen) atoms. The number of carbonyl (C=O) groups is 1.